The van der Waals surface area contributed by atoms with Gasteiger partial charge in [0, 0.05) is 19.0 Å². The fraction of sp³-hybridized carbons (Fsp3) is 0.222. The molecule has 1 amide bonds. The van der Waals surface area contributed by atoms with Crippen molar-refractivity contribution in [3.8, 4) is 9.88 Å². The van der Waals surface area contributed by atoms with E-state index in [2.05, 4.69) is 30.1 Å². The summed E-state index contributed by atoms with van der Waals surface area (Å²) in [5, 5.41) is 5.01. The first-order valence-electron chi connectivity index (χ1n) is 7.40. The summed E-state index contributed by atoms with van der Waals surface area (Å²) < 4.78 is 0. The zero-order chi connectivity index (χ0) is 16.2. The minimum Gasteiger partial charge on any atom is -0.341 e. The average molecular weight is 342 g/mol. The van der Waals surface area contributed by atoms with Crippen molar-refractivity contribution in [1.29, 1.82) is 0 Å². The Kier molecular flexibility index (Phi) is 4.88. The van der Waals surface area contributed by atoms with Gasteiger partial charge in [0.05, 0.1) is 17.0 Å². The van der Waals surface area contributed by atoms with Crippen LogP contribution >= 0.6 is 22.7 Å². The molecule has 3 rings (SSSR count). The van der Waals surface area contributed by atoms with Crippen molar-refractivity contribution in [3.63, 3.8) is 0 Å². The number of thiophene rings is 1. The van der Waals surface area contributed by atoms with E-state index in [-0.39, 0.29) is 5.91 Å². The standard InChI is InChI=1S/C18H18N2OS2/c1-13-6-3-4-7-14(13)11-20(2)17(21)10-15-12-23-18(19-15)16-8-5-9-22-16/h3-9,12H,10-11H2,1-2H3. The molecule has 1 aromatic carbocycles. The van der Waals surface area contributed by atoms with Crippen molar-refractivity contribution in [2.75, 3.05) is 7.05 Å². The highest BCUT2D eigenvalue weighted by atomic mass is 32.1. The highest BCUT2D eigenvalue weighted by Gasteiger charge is 2.14. The van der Waals surface area contributed by atoms with Crippen LogP contribution in [-0.4, -0.2) is 22.8 Å². The predicted molar refractivity (Wildman–Crippen MR) is 96.8 cm³/mol. The molecular weight excluding hydrogens is 324 g/mol. The summed E-state index contributed by atoms with van der Waals surface area (Å²) in [6.07, 6.45) is 0.351. The van der Waals surface area contributed by atoms with Crippen LogP contribution in [0.15, 0.2) is 47.2 Å². The van der Waals surface area contributed by atoms with Crippen molar-refractivity contribution in [3.05, 3.63) is 64.0 Å². The molecule has 0 aliphatic heterocycles. The number of hydrogen-bond acceptors (Lipinski definition) is 4. The SMILES string of the molecule is Cc1ccccc1CN(C)C(=O)Cc1csc(-c2cccs2)n1. The van der Waals surface area contributed by atoms with Crippen LogP contribution in [0.2, 0.25) is 0 Å². The second kappa shape index (κ2) is 7.06. The first-order valence-corrected chi connectivity index (χ1v) is 9.16. The summed E-state index contributed by atoms with van der Waals surface area (Å²) in [7, 11) is 1.85. The zero-order valence-electron chi connectivity index (χ0n) is 13.2. The fourth-order valence-electron chi connectivity index (χ4n) is 2.32. The number of rotatable bonds is 5. The summed E-state index contributed by atoms with van der Waals surface area (Å²) in [6, 6.07) is 12.2. The van der Waals surface area contributed by atoms with E-state index in [0.29, 0.717) is 13.0 Å². The zero-order valence-corrected chi connectivity index (χ0v) is 14.8. The van der Waals surface area contributed by atoms with Gasteiger partial charge in [0.15, 0.2) is 0 Å². The molecule has 23 heavy (non-hydrogen) atoms. The number of carbonyl (C=O) groups is 1. The number of aryl methyl sites for hydroxylation is 1. The summed E-state index contributed by atoms with van der Waals surface area (Å²) in [6.45, 7) is 2.70. The smallest absolute Gasteiger partial charge is 0.228 e. The summed E-state index contributed by atoms with van der Waals surface area (Å²) in [4.78, 5) is 19.9. The van der Waals surface area contributed by atoms with E-state index < -0.39 is 0 Å². The molecule has 0 fully saturated rings. The quantitative estimate of drug-likeness (QED) is 0.689. The lowest BCUT2D eigenvalue weighted by atomic mass is 10.1. The molecule has 2 aromatic heterocycles. The molecule has 0 spiro atoms. The van der Waals surface area contributed by atoms with Gasteiger partial charge in [-0.25, -0.2) is 4.98 Å². The summed E-state index contributed by atoms with van der Waals surface area (Å²) in [5.74, 6) is 0.0938. The van der Waals surface area contributed by atoms with Gasteiger partial charge in [-0.3, -0.25) is 4.79 Å². The van der Waals surface area contributed by atoms with Gasteiger partial charge < -0.3 is 4.90 Å². The molecular formula is C18H18N2OS2. The predicted octanol–water partition coefficient (Wildman–Crippen LogP) is 4.38. The molecule has 3 nitrogen and oxygen atoms in total. The van der Waals surface area contributed by atoms with Gasteiger partial charge in [-0.1, -0.05) is 30.3 Å². The summed E-state index contributed by atoms with van der Waals surface area (Å²) >= 11 is 3.27. The van der Waals surface area contributed by atoms with Crippen molar-refractivity contribution < 1.29 is 4.79 Å². The normalized spacial score (nSPS) is 10.7. The van der Waals surface area contributed by atoms with E-state index in [1.807, 2.05) is 36.0 Å². The van der Waals surface area contributed by atoms with Crippen molar-refractivity contribution in [1.82, 2.24) is 9.88 Å². The van der Waals surface area contributed by atoms with Crippen LogP contribution in [-0.2, 0) is 17.8 Å². The number of amides is 1. The van der Waals surface area contributed by atoms with Crippen molar-refractivity contribution in [2.24, 2.45) is 0 Å². The molecule has 0 saturated heterocycles. The Balaban J connectivity index is 1.64. The Morgan fingerprint density at radius 2 is 2.00 bits per heavy atom. The number of nitrogens with zero attached hydrogens (tertiary/aromatic N) is 2. The number of hydrogen-bond donors (Lipinski definition) is 0. The maximum atomic E-state index is 12.4. The second-order valence-electron chi connectivity index (χ2n) is 5.47. The molecule has 0 N–H and O–H groups in total. The van der Waals surface area contributed by atoms with Crippen LogP contribution in [0.5, 0.6) is 0 Å². The van der Waals surface area contributed by atoms with Gasteiger partial charge in [-0.15, -0.1) is 22.7 Å². The maximum Gasteiger partial charge on any atom is 0.228 e. The monoisotopic (exact) mass is 342 g/mol. The largest absolute Gasteiger partial charge is 0.341 e. The molecule has 0 saturated carbocycles. The van der Waals surface area contributed by atoms with E-state index in [9.17, 15) is 4.79 Å². The van der Waals surface area contributed by atoms with Crippen LogP contribution in [0.3, 0.4) is 0 Å². The highest BCUT2D eigenvalue weighted by molar-refractivity contribution is 7.20. The lowest BCUT2D eigenvalue weighted by Crippen LogP contribution is -2.28. The van der Waals surface area contributed by atoms with Gasteiger partial charge in [0.1, 0.15) is 5.01 Å². The van der Waals surface area contributed by atoms with Gasteiger partial charge in [0.2, 0.25) is 5.91 Å². The molecule has 0 bridgehead atoms. The lowest BCUT2D eigenvalue weighted by Gasteiger charge is -2.18. The van der Waals surface area contributed by atoms with Gasteiger partial charge >= 0.3 is 0 Å². The van der Waals surface area contributed by atoms with Crippen LogP contribution in [0.1, 0.15) is 16.8 Å². The Labute approximate surface area is 144 Å². The topological polar surface area (TPSA) is 33.2 Å². The molecule has 0 radical (unpaired) electrons. The van der Waals surface area contributed by atoms with Gasteiger partial charge in [-0.05, 0) is 29.5 Å². The average Bonchev–Trinajstić information content (AvgIpc) is 3.20. The number of thiazole rings is 1. The molecule has 5 heteroatoms. The number of likely N-dealkylation sites (N-methyl/N-ethyl adjacent to an activating group) is 1. The third kappa shape index (κ3) is 3.86. The third-order valence-corrected chi connectivity index (χ3v) is 5.64. The van der Waals surface area contributed by atoms with Crippen molar-refractivity contribution in [2.45, 2.75) is 19.9 Å². The van der Waals surface area contributed by atoms with Crippen LogP contribution in [0.25, 0.3) is 9.88 Å². The third-order valence-electron chi connectivity index (χ3n) is 3.71. The molecule has 0 aliphatic carbocycles. The van der Waals surface area contributed by atoms with E-state index in [4.69, 9.17) is 0 Å². The minimum absolute atomic E-state index is 0.0938. The van der Waals surface area contributed by atoms with E-state index in [1.165, 1.54) is 11.1 Å². The molecule has 3 aromatic rings. The first-order chi connectivity index (χ1) is 11.1. The molecule has 118 valence electrons. The van der Waals surface area contributed by atoms with Crippen LogP contribution < -0.4 is 0 Å². The Bertz CT molecular complexity index is 793. The van der Waals surface area contributed by atoms with Crippen LogP contribution in [0, 0.1) is 6.92 Å². The fourth-order valence-corrected chi connectivity index (χ4v) is 3.96. The minimum atomic E-state index is 0.0938. The van der Waals surface area contributed by atoms with Crippen LogP contribution in [0.4, 0.5) is 0 Å². The van der Waals surface area contributed by atoms with E-state index >= 15 is 0 Å². The highest BCUT2D eigenvalue weighted by Crippen LogP contribution is 2.28. The van der Waals surface area contributed by atoms with Gasteiger partial charge in [-0.2, -0.15) is 0 Å². The Hall–Kier alpha value is -1.98. The maximum absolute atomic E-state index is 12.4. The molecule has 0 atom stereocenters. The lowest BCUT2D eigenvalue weighted by molar-refractivity contribution is -0.129. The van der Waals surface area contributed by atoms with Crippen molar-refractivity contribution >= 4 is 28.6 Å². The first kappa shape index (κ1) is 15.9. The second-order valence-corrected chi connectivity index (χ2v) is 7.28. The molecule has 0 aliphatic rings. The number of aromatic nitrogens is 1. The number of benzene rings is 1. The molecule has 0 unspecified atom stereocenters. The van der Waals surface area contributed by atoms with Gasteiger partial charge in [0.25, 0.3) is 0 Å². The van der Waals surface area contributed by atoms with E-state index in [0.717, 1.165) is 15.6 Å². The number of carbonyl (C=O) groups excluding carboxylic acids is 1. The summed E-state index contributed by atoms with van der Waals surface area (Å²) in [5.41, 5.74) is 3.24. The Morgan fingerprint density at radius 1 is 1.17 bits per heavy atom. The molecule has 2 heterocycles. The van der Waals surface area contributed by atoms with E-state index in [1.54, 1.807) is 27.6 Å². The Morgan fingerprint density at radius 3 is 2.74 bits per heavy atom.